The first kappa shape index (κ1) is 19.9. The number of anilines is 2. The standard InChI is InChI=1S/C20H20N4O5/c1-3-28-19(27)20(2)18(26)24-14-9-8-13(10-15(14)29-20)23-17(25)12-6-4-11(5-7-12)16(21)22/h4-10H,3H2,1-2H3,(H3,21,22)(H,23,25)(H,24,26). The summed E-state index contributed by atoms with van der Waals surface area (Å²) in [5.41, 5.74) is 5.25. The molecule has 1 atom stereocenters. The molecule has 29 heavy (non-hydrogen) atoms. The molecule has 5 N–H and O–H groups in total. The molecule has 0 radical (unpaired) electrons. The third kappa shape index (κ3) is 3.88. The van der Waals surface area contributed by atoms with Gasteiger partial charge < -0.3 is 25.8 Å². The summed E-state index contributed by atoms with van der Waals surface area (Å²) in [6, 6.07) is 10.9. The minimum Gasteiger partial charge on any atom is -0.464 e. The Bertz CT molecular complexity index is 1000. The van der Waals surface area contributed by atoms with Crippen LogP contribution in [0.3, 0.4) is 0 Å². The smallest absolute Gasteiger partial charge is 0.360 e. The predicted octanol–water partition coefficient (Wildman–Crippen LogP) is 1.88. The van der Waals surface area contributed by atoms with Crippen LogP contribution in [-0.4, -0.2) is 35.8 Å². The second kappa shape index (κ2) is 7.63. The van der Waals surface area contributed by atoms with Gasteiger partial charge in [-0.25, -0.2) is 4.79 Å². The minimum atomic E-state index is -1.83. The lowest BCUT2D eigenvalue weighted by Gasteiger charge is -2.32. The first-order valence-corrected chi connectivity index (χ1v) is 8.82. The van der Waals surface area contributed by atoms with E-state index in [-0.39, 0.29) is 24.1 Å². The second-order valence-electron chi connectivity index (χ2n) is 6.47. The van der Waals surface area contributed by atoms with E-state index in [2.05, 4.69) is 10.6 Å². The zero-order chi connectivity index (χ0) is 21.2. The maximum absolute atomic E-state index is 12.5. The van der Waals surface area contributed by atoms with Gasteiger partial charge in [-0.3, -0.25) is 15.0 Å². The van der Waals surface area contributed by atoms with Crippen LogP contribution in [-0.2, 0) is 14.3 Å². The van der Waals surface area contributed by atoms with Gasteiger partial charge in [-0.2, -0.15) is 0 Å². The largest absolute Gasteiger partial charge is 0.464 e. The molecule has 0 aromatic heterocycles. The fourth-order valence-electron chi connectivity index (χ4n) is 2.70. The number of rotatable bonds is 5. The average Bonchev–Trinajstić information content (AvgIpc) is 2.69. The van der Waals surface area contributed by atoms with E-state index >= 15 is 0 Å². The lowest BCUT2D eigenvalue weighted by atomic mass is 10.0. The molecule has 1 heterocycles. The van der Waals surface area contributed by atoms with E-state index in [9.17, 15) is 14.4 Å². The SMILES string of the molecule is CCOC(=O)C1(C)Oc2cc(NC(=O)c3ccc(C(=N)N)cc3)ccc2NC1=O. The number of amidine groups is 1. The van der Waals surface area contributed by atoms with Crippen molar-refractivity contribution in [2.45, 2.75) is 19.4 Å². The Balaban J connectivity index is 1.80. The molecule has 0 aliphatic carbocycles. The summed E-state index contributed by atoms with van der Waals surface area (Å²) < 4.78 is 10.6. The first-order chi connectivity index (χ1) is 13.7. The summed E-state index contributed by atoms with van der Waals surface area (Å²) in [4.78, 5) is 36.9. The molecule has 2 amide bonds. The zero-order valence-electron chi connectivity index (χ0n) is 15.9. The quantitative estimate of drug-likeness (QED) is 0.263. The molecule has 150 valence electrons. The van der Waals surface area contributed by atoms with Crippen LogP contribution in [0.15, 0.2) is 42.5 Å². The highest BCUT2D eigenvalue weighted by molar-refractivity contribution is 6.14. The molecule has 0 bridgehead atoms. The van der Waals surface area contributed by atoms with Gasteiger partial charge in [0.25, 0.3) is 17.4 Å². The highest BCUT2D eigenvalue weighted by Gasteiger charge is 2.48. The molecule has 3 rings (SSSR count). The summed E-state index contributed by atoms with van der Waals surface area (Å²) >= 11 is 0. The van der Waals surface area contributed by atoms with Gasteiger partial charge in [-0.15, -0.1) is 0 Å². The number of hydrogen-bond acceptors (Lipinski definition) is 6. The van der Waals surface area contributed by atoms with Crippen molar-refractivity contribution in [1.29, 1.82) is 5.41 Å². The van der Waals surface area contributed by atoms with Crippen molar-refractivity contribution in [3.63, 3.8) is 0 Å². The van der Waals surface area contributed by atoms with Gasteiger partial charge in [0, 0.05) is 22.9 Å². The van der Waals surface area contributed by atoms with E-state index in [1.54, 1.807) is 43.3 Å². The summed E-state index contributed by atoms with van der Waals surface area (Å²) in [7, 11) is 0. The van der Waals surface area contributed by atoms with Gasteiger partial charge in [0.2, 0.25) is 0 Å². The molecule has 0 saturated carbocycles. The van der Waals surface area contributed by atoms with Crippen molar-refractivity contribution in [3.8, 4) is 5.75 Å². The Kier molecular flexibility index (Phi) is 5.22. The third-order valence-corrected chi connectivity index (χ3v) is 4.36. The van der Waals surface area contributed by atoms with Crippen molar-refractivity contribution < 1.29 is 23.9 Å². The first-order valence-electron chi connectivity index (χ1n) is 8.82. The number of fused-ring (bicyclic) bond motifs is 1. The lowest BCUT2D eigenvalue weighted by Crippen LogP contribution is -2.55. The highest BCUT2D eigenvalue weighted by atomic mass is 16.6. The monoisotopic (exact) mass is 396 g/mol. The number of nitrogens with one attached hydrogen (secondary N) is 3. The normalized spacial score (nSPS) is 17.4. The topological polar surface area (TPSA) is 144 Å². The Morgan fingerprint density at radius 2 is 1.86 bits per heavy atom. The number of nitrogen functional groups attached to an aromatic ring is 1. The van der Waals surface area contributed by atoms with Crippen LogP contribution in [0.1, 0.15) is 29.8 Å². The van der Waals surface area contributed by atoms with Gasteiger partial charge in [0.05, 0.1) is 12.3 Å². The Morgan fingerprint density at radius 1 is 1.21 bits per heavy atom. The van der Waals surface area contributed by atoms with E-state index in [1.165, 1.54) is 13.0 Å². The Morgan fingerprint density at radius 3 is 2.48 bits per heavy atom. The fourth-order valence-corrected chi connectivity index (χ4v) is 2.70. The third-order valence-electron chi connectivity index (χ3n) is 4.36. The van der Waals surface area contributed by atoms with Gasteiger partial charge >= 0.3 is 5.97 Å². The van der Waals surface area contributed by atoms with Crippen LogP contribution in [0.5, 0.6) is 5.75 Å². The van der Waals surface area contributed by atoms with Crippen LogP contribution in [0.25, 0.3) is 0 Å². The maximum Gasteiger partial charge on any atom is 0.360 e. The molecule has 1 aliphatic rings. The van der Waals surface area contributed by atoms with E-state index in [0.29, 0.717) is 22.5 Å². The molecule has 9 nitrogen and oxygen atoms in total. The molecular weight excluding hydrogens is 376 g/mol. The number of carbonyl (C=O) groups is 3. The van der Waals surface area contributed by atoms with E-state index in [1.807, 2.05) is 0 Å². The summed E-state index contributed by atoms with van der Waals surface area (Å²) in [5, 5.41) is 12.7. The second-order valence-corrected chi connectivity index (χ2v) is 6.47. The van der Waals surface area contributed by atoms with Crippen LogP contribution in [0.2, 0.25) is 0 Å². The molecule has 2 aromatic rings. The minimum absolute atomic E-state index is 0.0875. The van der Waals surface area contributed by atoms with Gasteiger partial charge in [-0.05, 0) is 38.1 Å². The van der Waals surface area contributed by atoms with Crippen LogP contribution >= 0.6 is 0 Å². The summed E-state index contributed by atoms with van der Waals surface area (Å²) in [6.07, 6.45) is 0. The van der Waals surface area contributed by atoms with Crippen molar-refractivity contribution in [1.82, 2.24) is 0 Å². The van der Waals surface area contributed by atoms with Crippen LogP contribution in [0, 0.1) is 5.41 Å². The number of hydrogen-bond donors (Lipinski definition) is 4. The average molecular weight is 396 g/mol. The summed E-state index contributed by atoms with van der Waals surface area (Å²) in [5.74, 6) is -1.68. The van der Waals surface area contributed by atoms with E-state index in [0.717, 1.165) is 0 Å². The van der Waals surface area contributed by atoms with Crippen molar-refractivity contribution >= 4 is 35.0 Å². The van der Waals surface area contributed by atoms with E-state index < -0.39 is 17.5 Å². The number of nitrogens with two attached hydrogens (primary N) is 1. The molecule has 0 fully saturated rings. The predicted molar refractivity (Wildman–Crippen MR) is 106 cm³/mol. The fraction of sp³-hybridized carbons (Fsp3) is 0.200. The van der Waals surface area contributed by atoms with Gasteiger partial charge in [0.15, 0.2) is 0 Å². The van der Waals surface area contributed by atoms with Crippen molar-refractivity contribution in [2.75, 3.05) is 17.2 Å². The zero-order valence-corrected chi connectivity index (χ0v) is 15.9. The highest BCUT2D eigenvalue weighted by Crippen LogP contribution is 2.36. The Hall–Kier alpha value is -3.88. The maximum atomic E-state index is 12.5. The molecule has 1 unspecified atom stereocenters. The molecule has 2 aromatic carbocycles. The molecular formula is C20H20N4O5. The van der Waals surface area contributed by atoms with Crippen LogP contribution < -0.4 is 21.1 Å². The number of esters is 1. The number of benzene rings is 2. The van der Waals surface area contributed by atoms with Crippen molar-refractivity contribution in [2.24, 2.45) is 5.73 Å². The summed E-state index contributed by atoms with van der Waals surface area (Å²) in [6.45, 7) is 3.06. The number of amides is 2. The van der Waals surface area contributed by atoms with Crippen molar-refractivity contribution in [3.05, 3.63) is 53.6 Å². The molecule has 0 saturated heterocycles. The van der Waals surface area contributed by atoms with E-state index in [4.69, 9.17) is 20.6 Å². The number of ether oxygens (including phenoxy) is 2. The molecule has 0 spiro atoms. The van der Waals surface area contributed by atoms with Gasteiger partial charge in [-0.1, -0.05) is 12.1 Å². The molecule has 9 heteroatoms. The number of carbonyl (C=O) groups excluding carboxylic acids is 3. The molecule has 1 aliphatic heterocycles. The van der Waals surface area contributed by atoms with Crippen LogP contribution in [0.4, 0.5) is 11.4 Å². The Labute approximate surface area is 166 Å². The van der Waals surface area contributed by atoms with Gasteiger partial charge in [0.1, 0.15) is 11.6 Å². The lowest BCUT2D eigenvalue weighted by molar-refractivity contribution is -0.165.